The van der Waals surface area contributed by atoms with Gasteiger partial charge < -0.3 is 14.6 Å². The molecule has 0 aliphatic carbocycles. The molecule has 0 atom stereocenters. The molecule has 0 radical (unpaired) electrons. The van der Waals surface area contributed by atoms with Gasteiger partial charge in [0.15, 0.2) is 0 Å². The number of ether oxygens (including phenoxy) is 2. The van der Waals surface area contributed by atoms with Crippen molar-refractivity contribution in [1.82, 2.24) is 0 Å². The molecule has 0 bridgehead atoms. The normalized spacial score (nSPS) is 16.7. The summed E-state index contributed by atoms with van der Waals surface area (Å²) in [6.07, 6.45) is 1.89. The zero-order valence-corrected chi connectivity index (χ0v) is 14.2. The molecule has 0 unspecified atom stereocenters. The first-order valence-corrected chi connectivity index (χ1v) is 7.83. The molecule has 2 rings (SSSR count). The van der Waals surface area contributed by atoms with Crippen molar-refractivity contribution < 1.29 is 14.6 Å². The van der Waals surface area contributed by atoms with E-state index in [0.717, 1.165) is 40.8 Å². The van der Waals surface area contributed by atoms with E-state index in [1.165, 1.54) is 0 Å². The van der Waals surface area contributed by atoms with Crippen molar-refractivity contribution in [2.45, 2.75) is 66.6 Å². The van der Waals surface area contributed by atoms with Crippen molar-refractivity contribution >= 4 is 0 Å². The van der Waals surface area contributed by atoms with Gasteiger partial charge in [-0.25, -0.2) is 0 Å². The van der Waals surface area contributed by atoms with Crippen LogP contribution in [0.25, 0.3) is 0 Å². The van der Waals surface area contributed by atoms with Crippen LogP contribution in [-0.2, 0) is 17.8 Å². The number of phenols is 1. The van der Waals surface area contributed by atoms with Crippen molar-refractivity contribution in [1.29, 1.82) is 0 Å². The average Bonchev–Trinajstić information content (AvgIpc) is 2.39. The van der Waals surface area contributed by atoms with Crippen LogP contribution in [0.2, 0.25) is 0 Å². The molecule has 0 amide bonds. The van der Waals surface area contributed by atoms with Gasteiger partial charge >= 0.3 is 0 Å². The van der Waals surface area contributed by atoms with E-state index in [1.54, 1.807) is 0 Å². The smallest absolute Gasteiger partial charge is 0.127 e. The molecule has 3 heteroatoms. The Morgan fingerprint density at radius 2 is 1.90 bits per heavy atom. The summed E-state index contributed by atoms with van der Waals surface area (Å²) in [5, 5.41) is 10.5. The lowest BCUT2D eigenvalue weighted by atomic mass is 9.87. The maximum absolute atomic E-state index is 10.5. The predicted molar refractivity (Wildman–Crippen MR) is 85.1 cm³/mol. The number of benzene rings is 1. The largest absolute Gasteiger partial charge is 0.507 e. The topological polar surface area (TPSA) is 38.7 Å². The van der Waals surface area contributed by atoms with Gasteiger partial charge in [-0.05, 0) is 57.6 Å². The molecular formula is C18H28O3. The Labute approximate surface area is 128 Å². The summed E-state index contributed by atoms with van der Waals surface area (Å²) in [6.45, 7) is 13.6. The molecule has 0 aromatic heterocycles. The second kappa shape index (κ2) is 5.88. The first-order valence-electron chi connectivity index (χ1n) is 7.83. The summed E-state index contributed by atoms with van der Waals surface area (Å²) in [6, 6.07) is 0. The molecule has 1 aliphatic rings. The van der Waals surface area contributed by atoms with E-state index in [9.17, 15) is 5.11 Å². The summed E-state index contributed by atoms with van der Waals surface area (Å²) < 4.78 is 11.9. The van der Waals surface area contributed by atoms with Gasteiger partial charge in [-0.1, -0.05) is 13.8 Å². The van der Waals surface area contributed by atoms with E-state index in [1.807, 2.05) is 13.8 Å². The van der Waals surface area contributed by atoms with Crippen molar-refractivity contribution in [2.24, 2.45) is 5.92 Å². The minimum atomic E-state index is -0.142. The zero-order chi connectivity index (χ0) is 15.8. The second-order valence-electron chi connectivity index (χ2n) is 7.16. The minimum absolute atomic E-state index is 0.142. The molecule has 1 aromatic carbocycles. The molecule has 118 valence electrons. The molecule has 21 heavy (non-hydrogen) atoms. The van der Waals surface area contributed by atoms with E-state index >= 15 is 0 Å². The number of aromatic hydroxyl groups is 1. The van der Waals surface area contributed by atoms with Gasteiger partial charge in [0.25, 0.3) is 0 Å². The van der Waals surface area contributed by atoms with Crippen LogP contribution in [0.4, 0.5) is 0 Å². The van der Waals surface area contributed by atoms with E-state index in [2.05, 4.69) is 27.7 Å². The lowest BCUT2D eigenvalue weighted by molar-refractivity contribution is 0.0766. The fraction of sp³-hybridized carbons (Fsp3) is 0.667. The van der Waals surface area contributed by atoms with Gasteiger partial charge in [0.1, 0.15) is 17.1 Å². The first-order chi connectivity index (χ1) is 9.73. The Morgan fingerprint density at radius 3 is 2.52 bits per heavy atom. The molecule has 0 saturated heterocycles. The lowest BCUT2D eigenvalue weighted by Crippen LogP contribution is -2.33. The highest BCUT2D eigenvalue weighted by Gasteiger charge is 2.31. The lowest BCUT2D eigenvalue weighted by Gasteiger charge is -2.35. The molecule has 0 spiro atoms. The quantitative estimate of drug-likeness (QED) is 0.900. The van der Waals surface area contributed by atoms with Gasteiger partial charge in [-0.15, -0.1) is 0 Å². The summed E-state index contributed by atoms with van der Waals surface area (Å²) in [5.41, 5.74) is 3.83. The van der Waals surface area contributed by atoms with Crippen molar-refractivity contribution in [3.05, 3.63) is 22.3 Å². The molecule has 1 N–H and O–H groups in total. The van der Waals surface area contributed by atoms with Gasteiger partial charge in [0.2, 0.25) is 0 Å². The Morgan fingerprint density at radius 1 is 1.24 bits per heavy atom. The fourth-order valence-corrected chi connectivity index (χ4v) is 2.79. The van der Waals surface area contributed by atoms with E-state index in [4.69, 9.17) is 9.47 Å². The molecule has 0 fully saturated rings. The Hall–Kier alpha value is -1.22. The zero-order valence-electron chi connectivity index (χ0n) is 14.2. The van der Waals surface area contributed by atoms with Crippen LogP contribution < -0.4 is 4.74 Å². The standard InChI is InChI=1S/C18H28O3/c1-11(2)9-20-10-15-14-7-8-18(5,6)21-17(14)13(4)12(3)16(15)19/h11,19H,7-10H2,1-6H3. The second-order valence-corrected chi connectivity index (χ2v) is 7.16. The van der Waals surface area contributed by atoms with Crippen LogP contribution in [0.5, 0.6) is 11.5 Å². The number of hydrogen-bond donors (Lipinski definition) is 1. The van der Waals surface area contributed by atoms with E-state index in [-0.39, 0.29) is 5.60 Å². The van der Waals surface area contributed by atoms with Gasteiger partial charge in [0.05, 0.1) is 6.61 Å². The van der Waals surface area contributed by atoms with Crippen molar-refractivity contribution in [3.8, 4) is 11.5 Å². The van der Waals surface area contributed by atoms with Gasteiger partial charge in [0, 0.05) is 17.7 Å². The predicted octanol–water partition coefficient (Wildman–Crippen LogP) is 4.29. The van der Waals surface area contributed by atoms with Crippen LogP contribution in [0.1, 0.15) is 56.4 Å². The maximum Gasteiger partial charge on any atom is 0.127 e. The highest BCUT2D eigenvalue weighted by atomic mass is 16.5. The van der Waals surface area contributed by atoms with E-state index < -0.39 is 0 Å². The van der Waals surface area contributed by atoms with Crippen molar-refractivity contribution in [2.75, 3.05) is 6.61 Å². The summed E-state index contributed by atoms with van der Waals surface area (Å²) in [7, 11) is 0. The van der Waals surface area contributed by atoms with Gasteiger partial charge in [-0.3, -0.25) is 0 Å². The highest BCUT2D eigenvalue weighted by Crippen LogP contribution is 2.43. The molecule has 0 saturated carbocycles. The summed E-state index contributed by atoms with van der Waals surface area (Å²) in [4.78, 5) is 0. The monoisotopic (exact) mass is 292 g/mol. The van der Waals surface area contributed by atoms with Crippen molar-refractivity contribution in [3.63, 3.8) is 0 Å². The van der Waals surface area contributed by atoms with Crippen LogP contribution in [0.15, 0.2) is 0 Å². The highest BCUT2D eigenvalue weighted by molar-refractivity contribution is 5.58. The third-order valence-corrected chi connectivity index (χ3v) is 4.24. The SMILES string of the molecule is Cc1c(C)c2c(c(COCC(C)C)c1O)CCC(C)(C)O2. The van der Waals surface area contributed by atoms with Crippen LogP contribution >= 0.6 is 0 Å². The summed E-state index contributed by atoms with van der Waals surface area (Å²) in [5.74, 6) is 1.81. The Kier molecular flexibility index (Phi) is 4.52. The minimum Gasteiger partial charge on any atom is -0.507 e. The molecule has 3 nitrogen and oxygen atoms in total. The third-order valence-electron chi connectivity index (χ3n) is 4.24. The third kappa shape index (κ3) is 3.34. The average molecular weight is 292 g/mol. The van der Waals surface area contributed by atoms with Gasteiger partial charge in [-0.2, -0.15) is 0 Å². The molecular weight excluding hydrogens is 264 g/mol. The summed E-state index contributed by atoms with van der Waals surface area (Å²) >= 11 is 0. The molecule has 1 aromatic rings. The van der Waals surface area contributed by atoms with Crippen LogP contribution in [0, 0.1) is 19.8 Å². The number of phenolic OH excluding ortho intramolecular Hbond substituents is 1. The first kappa shape index (κ1) is 16.2. The fourth-order valence-electron chi connectivity index (χ4n) is 2.79. The number of rotatable bonds is 4. The van der Waals surface area contributed by atoms with Crippen LogP contribution in [-0.4, -0.2) is 17.3 Å². The molecule has 1 aliphatic heterocycles. The Balaban J connectivity index is 2.39. The number of fused-ring (bicyclic) bond motifs is 1. The van der Waals surface area contributed by atoms with Crippen LogP contribution in [0.3, 0.4) is 0 Å². The van der Waals surface area contributed by atoms with E-state index in [0.29, 0.717) is 24.9 Å². The maximum atomic E-state index is 10.5. The molecule has 1 heterocycles. The number of hydrogen-bond acceptors (Lipinski definition) is 3. The Bertz CT molecular complexity index is 530.